The van der Waals surface area contributed by atoms with Gasteiger partial charge in [0.05, 0.1) is 18.1 Å². The van der Waals surface area contributed by atoms with Gasteiger partial charge in [-0.05, 0) is 37.0 Å². The van der Waals surface area contributed by atoms with E-state index in [1.807, 2.05) is 4.90 Å². The van der Waals surface area contributed by atoms with E-state index in [0.29, 0.717) is 42.4 Å². The van der Waals surface area contributed by atoms with Crippen LogP contribution in [0.15, 0.2) is 30.5 Å². The Morgan fingerprint density at radius 2 is 2.10 bits per heavy atom. The Bertz CT molecular complexity index is 1200. The maximum absolute atomic E-state index is 14.4. The highest BCUT2D eigenvalue weighted by atomic mass is 32.2. The molecular formula is C19H21F3N6O2S. The van der Waals surface area contributed by atoms with E-state index in [2.05, 4.69) is 19.8 Å². The Morgan fingerprint density at radius 3 is 2.84 bits per heavy atom. The van der Waals surface area contributed by atoms with Crippen LogP contribution in [0.5, 0.6) is 0 Å². The molecule has 0 saturated carbocycles. The zero-order valence-electron chi connectivity index (χ0n) is 16.7. The van der Waals surface area contributed by atoms with Gasteiger partial charge >= 0.3 is 0 Å². The number of hydrogen-bond donors (Lipinski definition) is 1. The molecular weight excluding hydrogens is 433 g/mol. The van der Waals surface area contributed by atoms with Crippen LogP contribution in [0.3, 0.4) is 0 Å². The first-order valence-electron chi connectivity index (χ1n) is 9.70. The summed E-state index contributed by atoms with van der Waals surface area (Å²) in [5.41, 5.74) is 0.736. The van der Waals surface area contributed by atoms with Crippen molar-refractivity contribution in [2.24, 2.45) is 5.92 Å². The highest BCUT2D eigenvalue weighted by molar-refractivity contribution is 7.88. The fraction of sp³-hybridized carbons (Fsp3) is 0.421. The molecule has 0 bridgehead atoms. The van der Waals surface area contributed by atoms with Crippen LogP contribution in [0.1, 0.15) is 25.0 Å². The summed E-state index contributed by atoms with van der Waals surface area (Å²) in [4.78, 5) is 10.0. The van der Waals surface area contributed by atoms with Gasteiger partial charge in [0, 0.05) is 31.3 Å². The second kappa shape index (κ2) is 8.42. The van der Waals surface area contributed by atoms with Gasteiger partial charge in [-0.25, -0.2) is 36.4 Å². The van der Waals surface area contributed by atoms with Crippen molar-refractivity contribution < 1.29 is 21.6 Å². The van der Waals surface area contributed by atoms with Crippen LogP contribution in [0.25, 0.3) is 16.9 Å². The molecule has 1 atom stereocenters. The number of piperidine rings is 1. The van der Waals surface area contributed by atoms with Gasteiger partial charge < -0.3 is 4.90 Å². The van der Waals surface area contributed by atoms with E-state index in [-0.39, 0.29) is 5.92 Å². The number of alkyl halides is 2. The molecule has 0 aromatic carbocycles. The average molecular weight is 454 g/mol. The van der Waals surface area contributed by atoms with Crippen molar-refractivity contribution in [3.8, 4) is 11.3 Å². The third kappa shape index (κ3) is 4.96. The summed E-state index contributed by atoms with van der Waals surface area (Å²) in [7, 11) is -3.29. The molecule has 1 saturated heterocycles. The lowest BCUT2D eigenvalue weighted by molar-refractivity contribution is 0.144. The Balaban J connectivity index is 1.63. The summed E-state index contributed by atoms with van der Waals surface area (Å²) in [6, 6.07) is 5.50. The van der Waals surface area contributed by atoms with Crippen molar-refractivity contribution in [1.29, 1.82) is 0 Å². The first-order chi connectivity index (χ1) is 14.7. The second-order valence-electron chi connectivity index (χ2n) is 7.58. The molecule has 1 aliphatic rings. The van der Waals surface area contributed by atoms with Crippen molar-refractivity contribution in [2.75, 3.05) is 30.8 Å². The smallest absolute Gasteiger partial charge is 0.282 e. The minimum Gasteiger partial charge on any atom is -0.356 e. The number of sulfonamides is 1. The molecule has 1 aliphatic heterocycles. The number of fused-ring (bicyclic) bond motifs is 1. The van der Waals surface area contributed by atoms with Crippen molar-refractivity contribution in [1.82, 2.24) is 24.3 Å². The maximum Gasteiger partial charge on any atom is 0.282 e. The lowest BCUT2D eigenvalue weighted by atomic mass is 9.98. The first-order valence-corrected chi connectivity index (χ1v) is 11.6. The SMILES string of the molecule is CS(=O)(=O)NCC1CCCN(c2cc(-c3cnc4ccc(C(F)F)nn34)cc(F)n2)C1. The van der Waals surface area contributed by atoms with Crippen molar-refractivity contribution in [2.45, 2.75) is 19.3 Å². The van der Waals surface area contributed by atoms with E-state index in [9.17, 15) is 21.6 Å². The number of anilines is 1. The van der Waals surface area contributed by atoms with Crippen LogP contribution in [0.4, 0.5) is 19.0 Å². The average Bonchev–Trinajstić information content (AvgIpc) is 3.15. The van der Waals surface area contributed by atoms with Crippen LogP contribution in [0, 0.1) is 11.9 Å². The number of hydrogen-bond acceptors (Lipinski definition) is 6. The summed E-state index contributed by atoms with van der Waals surface area (Å²) >= 11 is 0. The number of halogens is 3. The highest BCUT2D eigenvalue weighted by Gasteiger charge is 2.23. The fourth-order valence-electron chi connectivity index (χ4n) is 3.70. The normalized spacial score (nSPS) is 17.6. The Kier molecular flexibility index (Phi) is 5.84. The molecule has 3 aromatic rings. The van der Waals surface area contributed by atoms with E-state index >= 15 is 0 Å². The fourth-order valence-corrected chi connectivity index (χ4v) is 4.24. The van der Waals surface area contributed by atoms with Crippen molar-refractivity contribution >= 4 is 21.5 Å². The van der Waals surface area contributed by atoms with Gasteiger partial charge in [0.1, 0.15) is 11.5 Å². The summed E-state index contributed by atoms with van der Waals surface area (Å²) < 4.78 is 67.0. The zero-order chi connectivity index (χ0) is 22.2. The van der Waals surface area contributed by atoms with Crippen molar-refractivity contribution in [3.05, 3.63) is 42.1 Å². The Morgan fingerprint density at radius 1 is 1.29 bits per heavy atom. The molecule has 0 radical (unpaired) electrons. The zero-order valence-corrected chi connectivity index (χ0v) is 17.5. The number of aromatic nitrogens is 4. The van der Waals surface area contributed by atoms with Crippen LogP contribution in [-0.4, -0.2) is 53.9 Å². The molecule has 0 amide bonds. The summed E-state index contributed by atoms with van der Waals surface area (Å²) in [5.74, 6) is -0.272. The molecule has 4 heterocycles. The standard InChI is InChI=1S/C19H21F3N6O2S/c1-31(29,30)24-9-12-3-2-6-27(11-12)18-8-13(7-16(20)25-18)15-10-23-17-5-4-14(19(21)22)26-28(15)17/h4-5,7-8,10,12,19,24H,2-3,6,9,11H2,1H3. The number of pyridine rings is 1. The third-order valence-corrected chi connectivity index (χ3v) is 5.85. The lowest BCUT2D eigenvalue weighted by Gasteiger charge is -2.33. The largest absolute Gasteiger partial charge is 0.356 e. The summed E-state index contributed by atoms with van der Waals surface area (Å²) in [6.07, 6.45) is 1.46. The summed E-state index contributed by atoms with van der Waals surface area (Å²) in [5, 5.41) is 3.92. The van der Waals surface area contributed by atoms with Gasteiger partial charge in [0.15, 0.2) is 5.65 Å². The molecule has 0 spiro atoms. The van der Waals surface area contributed by atoms with Crippen molar-refractivity contribution in [3.63, 3.8) is 0 Å². The molecule has 166 valence electrons. The van der Waals surface area contributed by atoms with Gasteiger partial charge in [0.25, 0.3) is 6.43 Å². The quantitative estimate of drug-likeness (QED) is 0.576. The number of nitrogens with one attached hydrogen (secondary N) is 1. The Hall–Kier alpha value is -2.73. The lowest BCUT2D eigenvalue weighted by Crippen LogP contribution is -2.41. The molecule has 12 heteroatoms. The van der Waals surface area contributed by atoms with Gasteiger partial charge in [0.2, 0.25) is 16.0 Å². The Labute approximate surface area is 177 Å². The molecule has 0 aliphatic carbocycles. The number of rotatable bonds is 6. The maximum atomic E-state index is 14.4. The first kappa shape index (κ1) is 21.5. The van der Waals surface area contributed by atoms with Crippen LogP contribution in [-0.2, 0) is 10.0 Å². The van der Waals surface area contributed by atoms with E-state index in [1.54, 1.807) is 6.07 Å². The predicted octanol–water partition coefficient (Wildman–Crippen LogP) is 2.63. The molecule has 31 heavy (non-hydrogen) atoms. The minimum absolute atomic E-state index is 0.0584. The third-order valence-electron chi connectivity index (χ3n) is 5.16. The van der Waals surface area contributed by atoms with Crippen LogP contribution >= 0.6 is 0 Å². The van der Waals surface area contributed by atoms with Crippen LogP contribution < -0.4 is 9.62 Å². The molecule has 4 rings (SSSR count). The molecule has 8 nitrogen and oxygen atoms in total. The van der Waals surface area contributed by atoms with Gasteiger partial charge in [-0.1, -0.05) is 0 Å². The van der Waals surface area contributed by atoms with E-state index in [1.165, 1.54) is 28.9 Å². The number of nitrogens with zero attached hydrogens (tertiary/aromatic N) is 5. The predicted molar refractivity (Wildman–Crippen MR) is 109 cm³/mol. The minimum atomic E-state index is -3.29. The van der Waals surface area contributed by atoms with E-state index in [4.69, 9.17) is 0 Å². The monoisotopic (exact) mass is 454 g/mol. The molecule has 3 aromatic heterocycles. The topological polar surface area (TPSA) is 92.5 Å². The van der Waals surface area contributed by atoms with Gasteiger partial charge in [-0.15, -0.1) is 0 Å². The number of imidazole rings is 1. The summed E-state index contributed by atoms with van der Waals surface area (Å²) in [6.45, 7) is 1.45. The van der Waals surface area contributed by atoms with E-state index in [0.717, 1.165) is 19.1 Å². The van der Waals surface area contributed by atoms with Gasteiger partial charge in [-0.2, -0.15) is 9.49 Å². The van der Waals surface area contributed by atoms with Crippen LogP contribution in [0.2, 0.25) is 0 Å². The molecule has 1 N–H and O–H groups in total. The van der Waals surface area contributed by atoms with E-state index < -0.39 is 28.1 Å². The van der Waals surface area contributed by atoms with Gasteiger partial charge in [-0.3, -0.25) is 0 Å². The molecule has 1 fully saturated rings. The second-order valence-corrected chi connectivity index (χ2v) is 9.42. The highest BCUT2D eigenvalue weighted by Crippen LogP contribution is 2.28. The molecule has 1 unspecified atom stereocenters.